The second kappa shape index (κ2) is 8.19. The molecule has 1 saturated carbocycles. The van der Waals surface area contributed by atoms with E-state index in [1.54, 1.807) is 10.7 Å². The topological polar surface area (TPSA) is 84.9 Å². The molecule has 1 N–H and O–H groups in total. The van der Waals surface area contributed by atoms with Gasteiger partial charge in [0.15, 0.2) is 11.4 Å². The van der Waals surface area contributed by atoms with Gasteiger partial charge in [-0.3, -0.25) is 4.79 Å². The molecule has 0 bridgehead atoms. The van der Waals surface area contributed by atoms with Crippen LogP contribution in [0.15, 0.2) is 47.0 Å². The molecule has 1 aliphatic carbocycles. The molecular weight excluding hydrogens is 418 g/mol. The molecule has 2 aliphatic rings. The maximum absolute atomic E-state index is 11.5. The van der Waals surface area contributed by atoms with Crippen molar-refractivity contribution in [3.8, 4) is 17.3 Å². The Hall–Kier alpha value is -3.39. The van der Waals surface area contributed by atoms with Crippen LogP contribution in [-0.4, -0.2) is 52.7 Å². The van der Waals surface area contributed by atoms with Crippen molar-refractivity contribution in [3.05, 3.63) is 42.6 Å². The normalized spacial score (nSPS) is 21.4. The Morgan fingerprint density at radius 3 is 3.06 bits per heavy atom. The number of benzene rings is 1. The highest BCUT2D eigenvalue weighted by atomic mass is 16.5. The number of imidazole rings is 1. The summed E-state index contributed by atoms with van der Waals surface area (Å²) < 4.78 is 13.9. The Labute approximate surface area is 191 Å². The standard InChI is InChI=1S/C25H27N5O3/c1-16-13-26-9-10-29(16)20-3-2-4-22-19(20)12-23(33-22)21-14-27-24-7-8-25(28-30(21)24)32-15-17-5-6-18(31)11-17/h2-4,7-8,12,14,16-17,26H,5-6,9-11,13,15H2,1H3/t16-,17+/m0/s1. The summed E-state index contributed by atoms with van der Waals surface area (Å²) in [6.07, 6.45) is 3.94. The second-order valence-corrected chi connectivity index (χ2v) is 9.09. The van der Waals surface area contributed by atoms with E-state index < -0.39 is 0 Å². The van der Waals surface area contributed by atoms with Crippen LogP contribution < -0.4 is 15.0 Å². The number of nitrogens with one attached hydrogen (secondary N) is 1. The molecular formula is C25H27N5O3. The molecule has 0 unspecified atom stereocenters. The lowest BCUT2D eigenvalue weighted by Gasteiger charge is -2.36. The molecule has 3 aromatic heterocycles. The quantitative estimate of drug-likeness (QED) is 0.501. The molecule has 6 rings (SSSR count). The SMILES string of the molecule is C[C@H]1CNCCN1c1cccc2oc(-c3cnc4ccc(OC[C@@H]5CCC(=O)C5)nn34)cc12. The highest BCUT2D eigenvalue weighted by molar-refractivity contribution is 5.94. The lowest BCUT2D eigenvalue weighted by Crippen LogP contribution is -2.49. The zero-order chi connectivity index (χ0) is 22.4. The number of hydrogen-bond donors (Lipinski definition) is 1. The second-order valence-electron chi connectivity index (χ2n) is 9.09. The van der Waals surface area contributed by atoms with Crippen LogP contribution >= 0.6 is 0 Å². The van der Waals surface area contributed by atoms with E-state index in [1.165, 1.54) is 5.69 Å². The molecule has 2 atom stereocenters. The van der Waals surface area contributed by atoms with Gasteiger partial charge in [0.05, 0.1) is 12.8 Å². The Balaban J connectivity index is 1.32. The van der Waals surface area contributed by atoms with Crippen LogP contribution in [0.25, 0.3) is 28.1 Å². The van der Waals surface area contributed by atoms with E-state index in [9.17, 15) is 4.79 Å². The molecule has 0 radical (unpaired) electrons. The Kier molecular flexibility index (Phi) is 5.02. The van der Waals surface area contributed by atoms with E-state index in [2.05, 4.69) is 39.4 Å². The van der Waals surface area contributed by atoms with E-state index >= 15 is 0 Å². The van der Waals surface area contributed by atoms with Crippen molar-refractivity contribution in [3.63, 3.8) is 0 Å². The maximum Gasteiger partial charge on any atom is 0.231 e. The van der Waals surface area contributed by atoms with Crippen molar-refractivity contribution < 1.29 is 13.9 Å². The number of ether oxygens (including phenoxy) is 1. The number of furan rings is 1. The lowest BCUT2D eigenvalue weighted by molar-refractivity contribution is -0.117. The number of nitrogens with zero attached hydrogens (tertiary/aromatic N) is 4. The highest BCUT2D eigenvalue weighted by Gasteiger charge is 2.24. The number of fused-ring (bicyclic) bond motifs is 2. The number of Topliss-reactive ketones (excluding diaryl/α,β-unsaturated/α-hetero) is 1. The summed E-state index contributed by atoms with van der Waals surface area (Å²) in [7, 11) is 0. The molecule has 0 spiro atoms. The van der Waals surface area contributed by atoms with Gasteiger partial charge in [-0.25, -0.2) is 9.50 Å². The number of ketones is 1. The maximum atomic E-state index is 11.5. The van der Waals surface area contributed by atoms with Gasteiger partial charge in [0.1, 0.15) is 17.1 Å². The number of hydrogen-bond acceptors (Lipinski definition) is 7. The minimum Gasteiger partial charge on any atom is -0.476 e. The Morgan fingerprint density at radius 2 is 2.21 bits per heavy atom. The first kappa shape index (κ1) is 20.2. The third-order valence-electron chi connectivity index (χ3n) is 6.75. The molecule has 170 valence electrons. The molecule has 2 fully saturated rings. The van der Waals surface area contributed by atoms with Gasteiger partial charge in [-0.15, -0.1) is 5.10 Å². The molecule has 4 aromatic rings. The van der Waals surface area contributed by atoms with Crippen LogP contribution in [0, 0.1) is 5.92 Å². The third kappa shape index (κ3) is 3.74. The predicted octanol–water partition coefficient (Wildman–Crippen LogP) is 3.69. The molecule has 33 heavy (non-hydrogen) atoms. The van der Waals surface area contributed by atoms with Gasteiger partial charge in [-0.05, 0) is 37.6 Å². The van der Waals surface area contributed by atoms with Gasteiger partial charge in [0.25, 0.3) is 0 Å². The van der Waals surface area contributed by atoms with Crippen molar-refractivity contribution in [1.82, 2.24) is 19.9 Å². The van der Waals surface area contributed by atoms with Gasteiger partial charge in [-0.1, -0.05) is 6.07 Å². The average Bonchev–Trinajstić information content (AvgIpc) is 3.55. The number of anilines is 1. The van der Waals surface area contributed by atoms with Crippen LogP contribution in [0.3, 0.4) is 0 Å². The minimum absolute atomic E-state index is 0.276. The first-order valence-corrected chi connectivity index (χ1v) is 11.7. The number of piperazine rings is 1. The predicted molar refractivity (Wildman–Crippen MR) is 126 cm³/mol. The monoisotopic (exact) mass is 445 g/mol. The summed E-state index contributed by atoms with van der Waals surface area (Å²) in [5.41, 5.74) is 3.54. The van der Waals surface area contributed by atoms with Crippen LogP contribution in [0.5, 0.6) is 5.88 Å². The van der Waals surface area contributed by atoms with Gasteiger partial charge in [-0.2, -0.15) is 0 Å². The van der Waals surface area contributed by atoms with Gasteiger partial charge in [0, 0.05) is 61.6 Å². The first-order chi connectivity index (χ1) is 16.2. The molecule has 1 aromatic carbocycles. The molecule has 4 heterocycles. The number of aromatic nitrogens is 3. The van der Waals surface area contributed by atoms with Gasteiger partial charge < -0.3 is 19.4 Å². The van der Waals surface area contributed by atoms with E-state index in [4.69, 9.17) is 9.15 Å². The summed E-state index contributed by atoms with van der Waals surface area (Å²) in [6.45, 7) is 5.65. The summed E-state index contributed by atoms with van der Waals surface area (Å²) in [5, 5.41) is 9.20. The van der Waals surface area contributed by atoms with Crippen LogP contribution in [0.4, 0.5) is 5.69 Å². The van der Waals surface area contributed by atoms with Crippen molar-refractivity contribution in [2.24, 2.45) is 5.92 Å². The van der Waals surface area contributed by atoms with Crippen molar-refractivity contribution in [2.75, 3.05) is 31.1 Å². The summed E-state index contributed by atoms with van der Waals surface area (Å²) in [5.74, 6) is 1.84. The fourth-order valence-corrected chi connectivity index (χ4v) is 4.96. The summed E-state index contributed by atoms with van der Waals surface area (Å²) in [6, 6.07) is 12.4. The van der Waals surface area contributed by atoms with E-state index in [1.807, 2.05) is 24.3 Å². The minimum atomic E-state index is 0.276. The Morgan fingerprint density at radius 1 is 1.27 bits per heavy atom. The number of carbonyl (C=O) groups excluding carboxylic acids is 1. The first-order valence-electron chi connectivity index (χ1n) is 11.7. The van der Waals surface area contributed by atoms with Crippen LogP contribution in [0.1, 0.15) is 26.2 Å². The zero-order valence-corrected chi connectivity index (χ0v) is 18.7. The Bertz CT molecular complexity index is 1330. The largest absolute Gasteiger partial charge is 0.476 e. The van der Waals surface area contributed by atoms with Crippen molar-refractivity contribution in [1.29, 1.82) is 0 Å². The van der Waals surface area contributed by atoms with E-state index in [0.717, 1.165) is 54.1 Å². The van der Waals surface area contributed by atoms with Gasteiger partial charge >= 0.3 is 0 Å². The van der Waals surface area contributed by atoms with Crippen LogP contribution in [0.2, 0.25) is 0 Å². The fourth-order valence-electron chi connectivity index (χ4n) is 4.96. The summed E-state index contributed by atoms with van der Waals surface area (Å²) >= 11 is 0. The molecule has 1 aliphatic heterocycles. The molecule has 0 amide bonds. The molecule has 1 saturated heterocycles. The van der Waals surface area contributed by atoms with E-state index in [-0.39, 0.29) is 5.92 Å². The van der Waals surface area contributed by atoms with Crippen LogP contribution in [-0.2, 0) is 4.79 Å². The molecule has 8 nitrogen and oxygen atoms in total. The molecule has 8 heteroatoms. The smallest absolute Gasteiger partial charge is 0.231 e. The summed E-state index contributed by atoms with van der Waals surface area (Å²) in [4.78, 5) is 18.5. The van der Waals surface area contributed by atoms with E-state index in [0.29, 0.717) is 37.2 Å². The van der Waals surface area contributed by atoms with Crippen molar-refractivity contribution in [2.45, 2.75) is 32.2 Å². The lowest BCUT2D eigenvalue weighted by atomic mass is 10.1. The number of rotatable bonds is 5. The fraction of sp³-hybridized carbons (Fsp3) is 0.400. The highest BCUT2D eigenvalue weighted by Crippen LogP contribution is 2.35. The third-order valence-corrected chi connectivity index (χ3v) is 6.75. The number of carbonyl (C=O) groups is 1. The average molecular weight is 446 g/mol. The van der Waals surface area contributed by atoms with Crippen molar-refractivity contribution >= 4 is 28.1 Å². The van der Waals surface area contributed by atoms with Gasteiger partial charge in [0.2, 0.25) is 5.88 Å². The zero-order valence-electron chi connectivity index (χ0n) is 18.7.